The Balaban J connectivity index is 1.62. The second kappa shape index (κ2) is 15.3. The zero-order valence-corrected chi connectivity index (χ0v) is 30.7. The van der Waals surface area contributed by atoms with Crippen LogP contribution in [0.4, 0.5) is 18.4 Å². The van der Waals surface area contributed by atoms with Gasteiger partial charge in [-0.1, -0.05) is 74.9 Å². The third-order valence-corrected chi connectivity index (χ3v) is 8.85. The molecule has 0 saturated heterocycles. The number of carbonyl (C=O) groups excluding carboxylic acids is 2. The van der Waals surface area contributed by atoms with Crippen molar-refractivity contribution < 1.29 is 33.0 Å². The van der Waals surface area contributed by atoms with Crippen LogP contribution < -0.4 is 10.6 Å². The van der Waals surface area contributed by atoms with Crippen LogP contribution in [0.15, 0.2) is 64.8 Å². The quantitative estimate of drug-likeness (QED) is 0.113. The molecule has 3 aromatic rings. The van der Waals surface area contributed by atoms with Gasteiger partial charge < -0.3 is 20.1 Å². The van der Waals surface area contributed by atoms with Gasteiger partial charge in [-0.05, 0) is 53.5 Å². The number of hydrogen-bond acceptors (Lipinski definition) is 7. The van der Waals surface area contributed by atoms with E-state index in [-0.39, 0.29) is 28.4 Å². The lowest BCUT2D eigenvalue weighted by atomic mass is 9.75. The van der Waals surface area contributed by atoms with E-state index in [9.17, 15) is 23.5 Å². The molecule has 17 heteroatoms. The second-order valence-electron chi connectivity index (χ2n) is 14.0. The summed E-state index contributed by atoms with van der Waals surface area (Å²) in [6.07, 6.45) is 3.62. The Hall–Kier alpha value is -4.96. The van der Waals surface area contributed by atoms with Gasteiger partial charge in [-0.15, -0.1) is 0 Å². The number of nitrogens with one attached hydrogen (secondary N) is 2. The summed E-state index contributed by atoms with van der Waals surface area (Å²) in [4.78, 5) is 52.2. The lowest BCUT2D eigenvalue weighted by Crippen LogP contribution is -2.49. The molecule has 2 atom stereocenters. The van der Waals surface area contributed by atoms with Gasteiger partial charge in [-0.3, -0.25) is 15.0 Å². The Bertz CT molecular complexity index is 1910. The van der Waals surface area contributed by atoms with Crippen molar-refractivity contribution in [2.24, 2.45) is 15.4 Å². The molecular weight excluding hydrogens is 718 g/mol. The van der Waals surface area contributed by atoms with E-state index in [1.54, 1.807) is 61.5 Å². The fourth-order valence-corrected chi connectivity index (χ4v) is 6.30. The molecule has 1 unspecified atom stereocenters. The fraction of sp³-hybridized carbons (Fsp3) is 0.400. The number of alkyl carbamates (subject to hydrolysis) is 1. The van der Waals surface area contributed by atoms with E-state index in [1.807, 2.05) is 20.8 Å². The van der Waals surface area contributed by atoms with E-state index in [4.69, 9.17) is 33.5 Å². The topological polar surface area (TPSA) is 154 Å². The summed E-state index contributed by atoms with van der Waals surface area (Å²) in [5.74, 6) is -0.879. The van der Waals surface area contributed by atoms with Crippen molar-refractivity contribution in [3.8, 4) is 11.1 Å². The van der Waals surface area contributed by atoms with Crippen LogP contribution in [0.3, 0.4) is 0 Å². The number of amides is 3. The predicted molar refractivity (Wildman–Crippen MR) is 196 cm³/mol. The summed E-state index contributed by atoms with van der Waals surface area (Å²) in [6, 6.07) is 10.3. The minimum atomic E-state index is -2.81. The van der Waals surface area contributed by atoms with Crippen LogP contribution in [0, 0.1) is 5.41 Å². The molecule has 3 amide bonds. The first kappa shape index (κ1) is 38.3. The number of nitrogens with zero attached hydrogens (tertiary/aromatic N) is 6. The van der Waals surface area contributed by atoms with Gasteiger partial charge in [-0.2, -0.15) is 13.9 Å². The average molecular weight is 757 g/mol. The number of carboxylic acid groups (broad SMARTS) is 1. The third-order valence-electron chi connectivity index (χ3n) is 8.19. The molecule has 1 saturated carbocycles. The summed E-state index contributed by atoms with van der Waals surface area (Å²) in [7, 11) is 3.55. The molecule has 2 heterocycles. The number of hydrogen-bond donors (Lipinski definition) is 3. The Labute approximate surface area is 309 Å². The van der Waals surface area contributed by atoms with Crippen molar-refractivity contribution in [1.82, 2.24) is 30.2 Å². The highest BCUT2D eigenvalue weighted by Crippen LogP contribution is 2.45. The van der Waals surface area contributed by atoms with E-state index in [0.717, 1.165) is 12.8 Å². The minimum absolute atomic E-state index is 0.00800. The summed E-state index contributed by atoms with van der Waals surface area (Å²) in [5.41, 5.74) is 0.00582. The van der Waals surface area contributed by atoms with Gasteiger partial charge in [0.2, 0.25) is 5.96 Å². The van der Waals surface area contributed by atoms with Gasteiger partial charge in [0.25, 0.3) is 5.91 Å². The van der Waals surface area contributed by atoms with Gasteiger partial charge in [0.05, 0.1) is 23.6 Å². The van der Waals surface area contributed by atoms with E-state index >= 15 is 4.79 Å². The average Bonchev–Trinajstić information content (AvgIpc) is 3.65. The summed E-state index contributed by atoms with van der Waals surface area (Å²) in [5, 5.41) is 19.0. The molecule has 1 aromatic heterocycles. The highest BCUT2D eigenvalue weighted by molar-refractivity contribution is 7.80. The van der Waals surface area contributed by atoms with Crippen LogP contribution in [-0.2, 0) is 15.1 Å². The van der Waals surface area contributed by atoms with Crippen LogP contribution >= 0.6 is 23.8 Å². The molecule has 2 aromatic carbocycles. The zero-order chi connectivity index (χ0) is 38.0. The van der Waals surface area contributed by atoms with Gasteiger partial charge in [-0.25, -0.2) is 24.3 Å². The van der Waals surface area contributed by atoms with Crippen LogP contribution in [-0.4, -0.2) is 86.8 Å². The van der Waals surface area contributed by atoms with Gasteiger partial charge >= 0.3 is 18.7 Å². The summed E-state index contributed by atoms with van der Waals surface area (Å²) in [6.45, 7) is 2.55. The number of thiocarbonyl (C=S) groups is 1. The van der Waals surface area contributed by atoms with Crippen molar-refractivity contribution in [3.05, 3.63) is 76.6 Å². The normalized spacial score (nSPS) is 18.1. The molecule has 276 valence electrons. The van der Waals surface area contributed by atoms with Crippen molar-refractivity contribution >= 4 is 59.2 Å². The highest BCUT2D eigenvalue weighted by atomic mass is 35.5. The van der Waals surface area contributed by atoms with E-state index in [1.165, 1.54) is 23.6 Å². The zero-order valence-electron chi connectivity index (χ0n) is 29.1. The number of alkyl halides is 2. The number of aromatic nitrogens is 2. The lowest BCUT2D eigenvalue weighted by molar-refractivity contribution is -0.135. The molecular formula is C35H39ClF2N8O5S. The van der Waals surface area contributed by atoms with Gasteiger partial charge in [0, 0.05) is 37.5 Å². The maximum absolute atomic E-state index is 15.1. The van der Waals surface area contributed by atoms with Crippen LogP contribution in [0.5, 0.6) is 0 Å². The standard InChI is InChI=1S/C35H39ClF2N8O5S/c1-34(2,3)18-35(23-9-6-20(7-10-23)22-15-40-45(16-22)30(37)38)29(47)46(31(43-35)42-32(48)49)27(17-51-33(50)41-24-11-12-24)21-8-13-26(36)25(14-21)28(52)39-19-44(4)5/h6-10,13-16,19,24,27,30H,11-12,17-18H2,1-5H3,(H,41,50)(H,42,43)(H,48,49)/t27-,35?/m1/s1. The molecule has 1 fully saturated rings. The Morgan fingerprint density at radius 1 is 1.19 bits per heavy atom. The number of rotatable bonds is 11. The first-order valence-electron chi connectivity index (χ1n) is 16.3. The number of halogens is 3. The molecule has 0 spiro atoms. The van der Waals surface area contributed by atoms with Crippen LogP contribution in [0.2, 0.25) is 5.02 Å². The molecule has 5 rings (SSSR count). The minimum Gasteiger partial charge on any atom is -0.465 e. The van der Waals surface area contributed by atoms with E-state index < -0.39 is 48.2 Å². The molecule has 13 nitrogen and oxygen atoms in total. The number of guanidine groups is 1. The third kappa shape index (κ3) is 8.91. The second-order valence-corrected chi connectivity index (χ2v) is 14.8. The Kier molecular flexibility index (Phi) is 11.3. The maximum Gasteiger partial charge on any atom is 0.411 e. The highest BCUT2D eigenvalue weighted by Gasteiger charge is 2.54. The van der Waals surface area contributed by atoms with E-state index in [0.29, 0.717) is 32.5 Å². The SMILES string of the molecule is CN(C)C=NC(=S)c1cc([C@@H](COC(=O)NC2CC2)N2C(=O)C(CC(C)(C)C)(c3ccc(-c4cnn(C(F)F)c4)cc3)N=C2NC(=O)O)ccc1Cl. The molecule has 1 aliphatic heterocycles. The van der Waals surface area contributed by atoms with Gasteiger partial charge in [0.15, 0.2) is 5.54 Å². The van der Waals surface area contributed by atoms with E-state index in [2.05, 4.69) is 20.7 Å². The first-order valence-corrected chi connectivity index (χ1v) is 17.1. The van der Waals surface area contributed by atoms with Crippen molar-refractivity contribution in [1.29, 1.82) is 0 Å². The first-order chi connectivity index (χ1) is 24.5. The molecule has 2 aliphatic rings. The maximum atomic E-state index is 15.1. The molecule has 0 radical (unpaired) electrons. The predicted octanol–water partition coefficient (Wildman–Crippen LogP) is 6.59. The molecule has 3 N–H and O–H groups in total. The summed E-state index contributed by atoms with van der Waals surface area (Å²) < 4.78 is 32.6. The van der Waals surface area contributed by atoms with Crippen molar-refractivity contribution in [2.75, 3.05) is 20.7 Å². The van der Waals surface area contributed by atoms with Gasteiger partial charge in [0.1, 0.15) is 11.6 Å². The number of benzene rings is 2. The number of carbonyl (C=O) groups is 3. The van der Waals surface area contributed by atoms with Crippen LogP contribution in [0.1, 0.15) is 69.3 Å². The van der Waals surface area contributed by atoms with Crippen molar-refractivity contribution in [2.45, 2.75) is 64.2 Å². The Morgan fingerprint density at radius 3 is 2.46 bits per heavy atom. The largest absolute Gasteiger partial charge is 0.465 e. The number of aliphatic imine (C=N–C) groups is 2. The van der Waals surface area contributed by atoms with Crippen LogP contribution in [0.25, 0.3) is 11.1 Å². The Morgan fingerprint density at radius 2 is 1.88 bits per heavy atom. The van der Waals surface area contributed by atoms with Crippen molar-refractivity contribution in [3.63, 3.8) is 0 Å². The molecule has 52 heavy (non-hydrogen) atoms. The molecule has 1 aliphatic carbocycles. The molecule has 0 bridgehead atoms. The lowest BCUT2D eigenvalue weighted by Gasteiger charge is -2.35. The number of ether oxygens (including phenoxy) is 1. The monoisotopic (exact) mass is 756 g/mol. The fourth-order valence-electron chi connectivity index (χ4n) is 5.82. The summed E-state index contributed by atoms with van der Waals surface area (Å²) >= 11 is 12.1. The smallest absolute Gasteiger partial charge is 0.411 e.